The summed E-state index contributed by atoms with van der Waals surface area (Å²) in [6, 6.07) is 11.8. The molecule has 0 aliphatic heterocycles. The molecule has 2 aromatic rings. The lowest BCUT2D eigenvalue weighted by molar-refractivity contribution is 0.170. The number of hydrogen-bond donors (Lipinski definition) is 1. The standard InChI is InChI=1S/C13H14O2/c1-9-3-5-11(6-4-9)13-8-7-12(15-13)10(2)14/h3-8,10,14H,1-2H3. The molecular formula is C13H14O2. The van der Waals surface area contributed by atoms with E-state index < -0.39 is 6.10 Å². The smallest absolute Gasteiger partial charge is 0.134 e. The highest BCUT2D eigenvalue weighted by Gasteiger charge is 2.08. The molecule has 1 atom stereocenters. The summed E-state index contributed by atoms with van der Waals surface area (Å²) in [4.78, 5) is 0. The Morgan fingerprint density at radius 1 is 1.07 bits per heavy atom. The van der Waals surface area contributed by atoms with Crippen LogP contribution in [0.4, 0.5) is 0 Å². The van der Waals surface area contributed by atoms with Crippen molar-refractivity contribution in [2.45, 2.75) is 20.0 Å². The lowest BCUT2D eigenvalue weighted by atomic mass is 10.1. The van der Waals surface area contributed by atoms with Crippen molar-refractivity contribution in [3.05, 3.63) is 47.7 Å². The average Bonchev–Trinajstić information content (AvgIpc) is 2.68. The molecule has 78 valence electrons. The Labute approximate surface area is 89.2 Å². The van der Waals surface area contributed by atoms with Crippen LogP contribution in [0.25, 0.3) is 11.3 Å². The van der Waals surface area contributed by atoms with Crippen LogP contribution in [0.2, 0.25) is 0 Å². The Hall–Kier alpha value is -1.54. The van der Waals surface area contributed by atoms with Crippen molar-refractivity contribution in [2.24, 2.45) is 0 Å². The van der Waals surface area contributed by atoms with Crippen LogP contribution in [0.1, 0.15) is 24.4 Å². The van der Waals surface area contributed by atoms with Crippen molar-refractivity contribution in [3.63, 3.8) is 0 Å². The minimum atomic E-state index is -0.552. The van der Waals surface area contributed by atoms with Crippen molar-refractivity contribution in [1.29, 1.82) is 0 Å². The number of aryl methyl sites for hydroxylation is 1. The molecule has 1 aromatic carbocycles. The summed E-state index contributed by atoms with van der Waals surface area (Å²) in [5.74, 6) is 1.40. The van der Waals surface area contributed by atoms with Gasteiger partial charge in [0.05, 0.1) is 0 Å². The molecule has 15 heavy (non-hydrogen) atoms. The molecule has 1 N–H and O–H groups in total. The van der Waals surface area contributed by atoms with Crippen LogP contribution < -0.4 is 0 Å². The SMILES string of the molecule is Cc1ccc(-c2ccc(C(C)O)o2)cc1. The quantitative estimate of drug-likeness (QED) is 0.810. The maximum absolute atomic E-state index is 9.33. The van der Waals surface area contributed by atoms with Crippen LogP contribution in [-0.4, -0.2) is 5.11 Å². The van der Waals surface area contributed by atoms with E-state index in [-0.39, 0.29) is 0 Å². The lowest BCUT2D eigenvalue weighted by Gasteiger charge is -2.00. The highest BCUT2D eigenvalue weighted by Crippen LogP contribution is 2.25. The predicted octanol–water partition coefficient (Wildman–Crippen LogP) is 3.31. The van der Waals surface area contributed by atoms with Crippen molar-refractivity contribution < 1.29 is 9.52 Å². The number of rotatable bonds is 2. The third-order valence-electron chi connectivity index (χ3n) is 2.37. The van der Waals surface area contributed by atoms with Gasteiger partial charge in [-0.2, -0.15) is 0 Å². The molecule has 0 fully saturated rings. The van der Waals surface area contributed by atoms with Crippen LogP contribution in [-0.2, 0) is 0 Å². The number of furan rings is 1. The van der Waals surface area contributed by atoms with Gasteiger partial charge in [-0.15, -0.1) is 0 Å². The van der Waals surface area contributed by atoms with E-state index in [0.29, 0.717) is 5.76 Å². The number of benzene rings is 1. The second kappa shape index (κ2) is 3.91. The molecule has 0 aliphatic carbocycles. The zero-order valence-electron chi connectivity index (χ0n) is 8.90. The molecule has 0 amide bonds. The first-order chi connectivity index (χ1) is 7.16. The number of aliphatic hydroxyl groups excluding tert-OH is 1. The van der Waals surface area contributed by atoms with Crippen LogP contribution >= 0.6 is 0 Å². The fourth-order valence-electron chi connectivity index (χ4n) is 1.45. The highest BCUT2D eigenvalue weighted by atomic mass is 16.4. The van der Waals surface area contributed by atoms with Gasteiger partial charge in [-0.05, 0) is 26.0 Å². The minimum absolute atomic E-state index is 0.552. The zero-order chi connectivity index (χ0) is 10.8. The highest BCUT2D eigenvalue weighted by molar-refractivity contribution is 5.57. The van der Waals surface area contributed by atoms with Crippen LogP contribution in [0, 0.1) is 6.92 Å². The molecule has 1 unspecified atom stereocenters. The van der Waals surface area contributed by atoms with Gasteiger partial charge in [0, 0.05) is 5.56 Å². The lowest BCUT2D eigenvalue weighted by Crippen LogP contribution is -1.85. The molecule has 2 heteroatoms. The largest absolute Gasteiger partial charge is 0.458 e. The molecule has 0 saturated carbocycles. The van der Waals surface area contributed by atoms with E-state index in [0.717, 1.165) is 11.3 Å². The minimum Gasteiger partial charge on any atom is -0.458 e. The Morgan fingerprint density at radius 3 is 2.27 bits per heavy atom. The van der Waals surface area contributed by atoms with Gasteiger partial charge < -0.3 is 9.52 Å². The van der Waals surface area contributed by atoms with E-state index in [1.807, 2.05) is 37.3 Å². The maximum atomic E-state index is 9.33. The van der Waals surface area contributed by atoms with Gasteiger partial charge in [-0.25, -0.2) is 0 Å². The monoisotopic (exact) mass is 202 g/mol. The molecule has 1 aromatic heterocycles. The van der Waals surface area contributed by atoms with Crippen molar-refractivity contribution in [2.75, 3.05) is 0 Å². The van der Waals surface area contributed by atoms with E-state index in [2.05, 4.69) is 0 Å². The molecule has 0 spiro atoms. The molecule has 0 aliphatic rings. The summed E-state index contributed by atoms with van der Waals surface area (Å²) < 4.78 is 5.52. The summed E-state index contributed by atoms with van der Waals surface area (Å²) in [6.45, 7) is 3.74. The molecule has 2 nitrogen and oxygen atoms in total. The van der Waals surface area contributed by atoms with Crippen molar-refractivity contribution in [3.8, 4) is 11.3 Å². The second-order valence-corrected chi connectivity index (χ2v) is 3.74. The van der Waals surface area contributed by atoms with Crippen molar-refractivity contribution in [1.82, 2.24) is 0 Å². The summed E-state index contributed by atoms with van der Waals surface area (Å²) in [7, 11) is 0. The summed E-state index contributed by atoms with van der Waals surface area (Å²) >= 11 is 0. The summed E-state index contributed by atoms with van der Waals surface area (Å²) in [6.07, 6.45) is -0.552. The molecule has 0 bridgehead atoms. The fourth-order valence-corrected chi connectivity index (χ4v) is 1.45. The second-order valence-electron chi connectivity index (χ2n) is 3.74. The van der Waals surface area contributed by atoms with Crippen molar-refractivity contribution >= 4 is 0 Å². The first kappa shape index (κ1) is 9.99. The Kier molecular flexibility index (Phi) is 2.60. The molecule has 0 saturated heterocycles. The van der Waals surface area contributed by atoms with E-state index in [1.165, 1.54) is 5.56 Å². The molecule has 2 rings (SSSR count). The number of aliphatic hydroxyl groups is 1. The van der Waals surface area contributed by atoms with E-state index >= 15 is 0 Å². The Balaban J connectivity index is 2.33. The number of hydrogen-bond acceptors (Lipinski definition) is 2. The molecular weight excluding hydrogens is 188 g/mol. The van der Waals surface area contributed by atoms with Gasteiger partial charge >= 0.3 is 0 Å². The fraction of sp³-hybridized carbons (Fsp3) is 0.231. The first-order valence-corrected chi connectivity index (χ1v) is 5.01. The third kappa shape index (κ3) is 2.10. The van der Waals surface area contributed by atoms with Gasteiger partial charge in [0.1, 0.15) is 17.6 Å². The van der Waals surface area contributed by atoms with Crippen LogP contribution in [0.15, 0.2) is 40.8 Å². The molecule has 0 radical (unpaired) electrons. The molecule has 1 heterocycles. The third-order valence-corrected chi connectivity index (χ3v) is 2.37. The van der Waals surface area contributed by atoms with E-state index in [4.69, 9.17) is 4.42 Å². The van der Waals surface area contributed by atoms with Gasteiger partial charge in [0.2, 0.25) is 0 Å². The average molecular weight is 202 g/mol. The Morgan fingerprint density at radius 2 is 1.73 bits per heavy atom. The van der Waals surface area contributed by atoms with Gasteiger partial charge in [0.25, 0.3) is 0 Å². The van der Waals surface area contributed by atoms with Gasteiger partial charge in [0.15, 0.2) is 0 Å². The zero-order valence-corrected chi connectivity index (χ0v) is 8.90. The van der Waals surface area contributed by atoms with Gasteiger partial charge in [-0.3, -0.25) is 0 Å². The maximum Gasteiger partial charge on any atom is 0.134 e. The van der Waals surface area contributed by atoms with Gasteiger partial charge in [-0.1, -0.05) is 29.8 Å². The summed E-state index contributed by atoms with van der Waals surface area (Å²) in [5, 5.41) is 9.33. The van der Waals surface area contributed by atoms with Crippen LogP contribution in [0.5, 0.6) is 0 Å². The van der Waals surface area contributed by atoms with E-state index in [9.17, 15) is 5.11 Å². The summed E-state index contributed by atoms with van der Waals surface area (Å²) in [5.41, 5.74) is 2.26. The normalized spacial score (nSPS) is 12.7. The first-order valence-electron chi connectivity index (χ1n) is 5.01. The van der Waals surface area contributed by atoms with E-state index in [1.54, 1.807) is 13.0 Å². The van der Waals surface area contributed by atoms with Crippen LogP contribution in [0.3, 0.4) is 0 Å². The Bertz CT molecular complexity index is 438. The predicted molar refractivity (Wildman–Crippen MR) is 59.5 cm³/mol. The topological polar surface area (TPSA) is 33.4 Å².